The van der Waals surface area contributed by atoms with Crippen LogP contribution in [0.15, 0.2) is 78.9 Å². The fourth-order valence-electron chi connectivity index (χ4n) is 3.20. The van der Waals surface area contributed by atoms with E-state index in [0.29, 0.717) is 28.6 Å². The molecule has 1 atom stereocenters. The first kappa shape index (κ1) is 25.8. The number of ether oxygens (including phenoxy) is 2. The predicted molar refractivity (Wildman–Crippen MR) is 134 cm³/mol. The Balaban J connectivity index is 1.32. The summed E-state index contributed by atoms with van der Waals surface area (Å²) in [5.74, 6) is -0.00938. The predicted octanol–water partition coefficient (Wildman–Crippen LogP) is 5.66. The molecule has 7 nitrogen and oxygen atoms in total. The third kappa shape index (κ3) is 8.79. The van der Waals surface area contributed by atoms with Gasteiger partial charge in [0.15, 0.2) is 6.61 Å². The van der Waals surface area contributed by atoms with Crippen LogP contribution in [0.5, 0.6) is 11.5 Å². The highest BCUT2D eigenvalue weighted by atomic mass is 35.5. The molecule has 182 valence electrons. The minimum atomic E-state index is -0.526. The molecular weight excluding hydrogens is 468 g/mol. The zero-order valence-corrected chi connectivity index (χ0v) is 20.1. The van der Waals surface area contributed by atoms with Gasteiger partial charge in [0.2, 0.25) is 5.91 Å². The lowest BCUT2D eigenvalue weighted by molar-refractivity contribution is -0.148. The van der Waals surface area contributed by atoms with Crippen LogP contribution in [-0.2, 0) is 19.1 Å². The SMILES string of the molecule is C[C@H](NC(=O)COC(=O)CCCC(=O)Nc1ccc(Oc2ccccc2Cl)cc1)c1ccccc1. The highest BCUT2D eigenvalue weighted by molar-refractivity contribution is 6.32. The van der Waals surface area contributed by atoms with Crippen LogP contribution in [-0.4, -0.2) is 24.4 Å². The van der Waals surface area contributed by atoms with E-state index in [0.717, 1.165) is 5.56 Å². The van der Waals surface area contributed by atoms with E-state index in [-0.39, 0.29) is 37.3 Å². The lowest BCUT2D eigenvalue weighted by Crippen LogP contribution is -2.31. The van der Waals surface area contributed by atoms with Gasteiger partial charge in [0.05, 0.1) is 11.1 Å². The summed E-state index contributed by atoms with van der Waals surface area (Å²) in [4.78, 5) is 36.0. The second-order valence-electron chi connectivity index (χ2n) is 7.82. The molecule has 0 aliphatic rings. The molecule has 35 heavy (non-hydrogen) atoms. The van der Waals surface area contributed by atoms with Gasteiger partial charge in [0, 0.05) is 18.5 Å². The molecule has 0 bridgehead atoms. The van der Waals surface area contributed by atoms with Crippen LogP contribution in [0, 0.1) is 0 Å². The molecular formula is C27H27ClN2O5. The summed E-state index contributed by atoms with van der Waals surface area (Å²) in [6.45, 7) is 1.50. The van der Waals surface area contributed by atoms with Crippen molar-refractivity contribution in [2.45, 2.75) is 32.2 Å². The third-order valence-electron chi connectivity index (χ3n) is 5.03. The summed E-state index contributed by atoms with van der Waals surface area (Å²) in [6, 6.07) is 23.3. The highest BCUT2D eigenvalue weighted by Gasteiger charge is 2.12. The zero-order valence-electron chi connectivity index (χ0n) is 19.3. The van der Waals surface area contributed by atoms with Gasteiger partial charge in [-0.1, -0.05) is 54.1 Å². The number of anilines is 1. The van der Waals surface area contributed by atoms with Gasteiger partial charge in [-0.2, -0.15) is 0 Å². The first-order chi connectivity index (χ1) is 16.9. The van der Waals surface area contributed by atoms with Crippen LogP contribution >= 0.6 is 11.6 Å². The van der Waals surface area contributed by atoms with Crippen LogP contribution < -0.4 is 15.4 Å². The van der Waals surface area contributed by atoms with Crippen LogP contribution in [0.2, 0.25) is 5.02 Å². The minimum Gasteiger partial charge on any atom is -0.456 e. The van der Waals surface area contributed by atoms with Gasteiger partial charge in [-0.25, -0.2) is 0 Å². The molecule has 0 spiro atoms. The van der Waals surface area contributed by atoms with E-state index in [2.05, 4.69) is 10.6 Å². The first-order valence-corrected chi connectivity index (χ1v) is 11.6. The molecule has 0 saturated carbocycles. The molecule has 2 amide bonds. The molecule has 0 saturated heterocycles. The van der Waals surface area contributed by atoms with Crippen molar-refractivity contribution in [2.75, 3.05) is 11.9 Å². The van der Waals surface area contributed by atoms with Crippen molar-refractivity contribution in [3.05, 3.63) is 89.4 Å². The number of halogens is 1. The van der Waals surface area contributed by atoms with E-state index in [9.17, 15) is 14.4 Å². The van der Waals surface area contributed by atoms with E-state index >= 15 is 0 Å². The number of esters is 1. The first-order valence-electron chi connectivity index (χ1n) is 11.2. The maximum atomic E-state index is 12.2. The molecule has 0 aliphatic carbocycles. The van der Waals surface area contributed by atoms with E-state index in [1.807, 2.05) is 49.4 Å². The third-order valence-corrected chi connectivity index (χ3v) is 5.34. The Bertz CT molecular complexity index is 1140. The average Bonchev–Trinajstić information content (AvgIpc) is 2.86. The lowest BCUT2D eigenvalue weighted by atomic mass is 10.1. The van der Waals surface area contributed by atoms with Crippen molar-refractivity contribution < 1.29 is 23.9 Å². The number of benzene rings is 3. The Morgan fingerprint density at radius 2 is 1.54 bits per heavy atom. The van der Waals surface area contributed by atoms with Gasteiger partial charge in [-0.05, 0) is 55.3 Å². The maximum absolute atomic E-state index is 12.2. The molecule has 3 aromatic carbocycles. The number of para-hydroxylation sites is 1. The molecule has 0 aromatic heterocycles. The molecule has 0 heterocycles. The fourth-order valence-corrected chi connectivity index (χ4v) is 3.38. The Morgan fingerprint density at radius 3 is 2.26 bits per heavy atom. The van der Waals surface area contributed by atoms with E-state index < -0.39 is 5.97 Å². The highest BCUT2D eigenvalue weighted by Crippen LogP contribution is 2.29. The number of amides is 2. The number of hydrogen-bond donors (Lipinski definition) is 2. The molecule has 0 radical (unpaired) electrons. The normalized spacial score (nSPS) is 11.3. The van der Waals surface area contributed by atoms with Crippen LogP contribution in [0.4, 0.5) is 5.69 Å². The Kier molecular flexibility index (Phi) is 9.69. The largest absolute Gasteiger partial charge is 0.456 e. The monoisotopic (exact) mass is 494 g/mol. The molecule has 0 fully saturated rings. The second kappa shape index (κ2) is 13.2. The van der Waals surface area contributed by atoms with Crippen molar-refractivity contribution in [1.82, 2.24) is 5.32 Å². The molecule has 0 unspecified atom stereocenters. The van der Waals surface area contributed by atoms with Crippen molar-refractivity contribution >= 4 is 35.1 Å². The summed E-state index contributed by atoms with van der Waals surface area (Å²) in [7, 11) is 0. The lowest BCUT2D eigenvalue weighted by Gasteiger charge is -2.14. The summed E-state index contributed by atoms with van der Waals surface area (Å²) in [6.07, 6.45) is 0.490. The zero-order chi connectivity index (χ0) is 25.0. The number of hydrogen-bond acceptors (Lipinski definition) is 5. The van der Waals surface area contributed by atoms with E-state index in [1.165, 1.54) is 0 Å². The van der Waals surface area contributed by atoms with Crippen LogP contribution in [0.25, 0.3) is 0 Å². The molecule has 8 heteroatoms. The van der Waals surface area contributed by atoms with Crippen LogP contribution in [0.3, 0.4) is 0 Å². The van der Waals surface area contributed by atoms with Gasteiger partial charge >= 0.3 is 5.97 Å². The standard InChI is InChI=1S/C27H27ClN2O5/c1-19(20-8-3-2-4-9-20)29-26(32)18-34-27(33)13-7-12-25(31)30-21-14-16-22(17-15-21)35-24-11-6-5-10-23(24)28/h2-6,8-11,14-17,19H,7,12-13,18H2,1H3,(H,29,32)(H,30,31)/t19-/m0/s1. The Labute approximate surface area is 209 Å². The summed E-state index contributed by atoms with van der Waals surface area (Å²) in [5, 5.41) is 6.05. The minimum absolute atomic E-state index is 0.0412. The Morgan fingerprint density at radius 1 is 0.857 bits per heavy atom. The van der Waals surface area contributed by atoms with Gasteiger partial charge in [0.25, 0.3) is 5.91 Å². The molecule has 2 N–H and O–H groups in total. The van der Waals surface area contributed by atoms with Crippen molar-refractivity contribution in [3.63, 3.8) is 0 Å². The van der Waals surface area contributed by atoms with Crippen LogP contribution in [0.1, 0.15) is 37.8 Å². The van der Waals surface area contributed by atoms with Crippen molar-refractivity contribution in [1.29, 1.82) is 0 Å². The maximum Gasteiger partial charge on any atom is 0.306 e. The number of nitrogens with one attached hydrogen (secondary N) is 2. The summed E-state index contributed by atoms with van der Waals surface area (Å²) in [5.41, 5.74) is 1.56. The molecule has 3 aromatic rings. The number of rotatable bonds is 11. The average molecular weight is 495 g/mol. The fraction of sp³-hybridized carbons (Fsp3) is 0.222. The molecule has 0 aliphatic heterocycles. The number of carbonyl (C=O) groups excluding carboxylic acids is 3. The smallest absolute Gasteiger partial charge is 0.306 e. The molecule has 3 rings (SSSR count). The van der Waals surface area contributed by atoms with Crippen molar-refractivity contribution in [2.24, 2.45) is 0 Å². The van der Waals surface area contributed by atoms with Gasteiger partial charge < -0.3 is 20.1 Å². The van der Waals surface area contributed by atoms with Gasteiger partial charge in [0.1, 0.15) is 11.5 Å². The number of carbonyl (C=O) groups is 3. The Hall–Kier alpha value is -3.84. The van der Waals surface area contributed by atoms with E-state index in [1.54, 1.807) is 36.4 Å². The van der Waals surface area contributed by atoms with Crippen molar-refractivity contribution in [3.8, 4) is 11.5 Å². The van der Waals surface area contributed by atoms with Gasteiger partial charge in [-0.3, -0.25) is 14.4 Å². The summed E-state index contributed by atoms with van der Waals surface area (Å²) >= 11 is 6.09. The second-order valence-corrected chi connectivity index (χ2v) is 8.23. The quantitative estimate of drug-likeness (QED) is 0.335. The topological polar surface area (TPSA) is 93.7 Å². The summed E-state index contributed by atoms with van der Waals surface area (Å²) < 4.78 is 10.7. The van der Waals surface area contributed by atoms with E-state index in [4.69, 9.17) is 21.1 Å². The van der Waals surface area contributed by atoms with Gasteiger partial charge in [-0.15, -0.1) is 0 Å².